The Hall–Kier alpha value is -1.63. The van der Waals surface area contributed by atoms with Gasteiger partial charge in [-0.05, 0) is 45.7 Å². The number of nitrogens with zero attached hydrogens (tertiary/aromatic N) is 4. The van der Waals surface area contributed by atoms with Gasteiger partial charge in [0.1, 0.15) is 5.69 Å². The molecule has 2 rings (SSSR count). The van der Waals surface area contributed by atoms with Crippen LogP contribution in [-0.4, -0.2) is 46.3 Å². The Bertz CT molecular complexity index is 500. The second-order valence-corrected chi connectivity index (χ2v) is 5.91. The van der Waals surface area contributed by atoms with Crippen LogP contribution >= 0.6 is 0 Å². The van der Waals surface area contributed by atoms with E-state index in [1.54, 1.807) is 11.6 Å². The molecule has 0 spiro atoms. The Kier molecular flexibility index (Phi) is 5.17. The summed E-state index contributed by atoms with van der Waals surface area (Å²) in [7, 11) is 2.13. The predicted octanol–water partition coefficient (Wildman–Crippen LogP) is 2.26. The van der Waals surface area contributed by atoms with Gasteiger partial charge in [-0.2, -0.15) is 5.10 Å². The molecule has 7 heteroatoms. The van der Waals surface area contributed by atoms with Gasteiger partial charge in [-0.15, -0.1) is 0 Å². The van der Waals surface area contributed by atoms with Gasteiger partial charge >= 0.3 is 5.69 Å². The maximum atomic E-state index is 11.3. The fourth-order valence-corrected chi connectivity index (χ4v) is 3.02. The highest BCUT2D eigenvalue weighted by Gasteiger charge is 2.26. The maximum Gasteiger partial charge on any atom is 0.333 e. The number of piperidine rings is 1. The zero-order valence-electron chi connectivity index (χ0n) is 13.1. The summed E-state index contributed by atoms with van der Waals surface area (Å²) < 4.78 is 1.74. The molecule has 118 valence electrons. The lowest BCUT2D eigenvalue weighted by molar-refractivity contribution is -0.384. The molecule has 1 aromatic heterocycles. The molecular weight excluding hydrogens is 270 g/mol. The van der Waals surface area contributed by atoms with Gasteiger partial charge in [0.15, 0.2) is 0 Å². The first-order valence-electron chi connectivity index (χ1n) is 7.67. The number of rotatable bonds is 6. The first-order chi connectivity index (χ1) is 10.0. The van der Waals surface area contributed by atoms with Crippen LogP contribution in [0.15, 0.2) is 0 Å². The van der Waals surface area contributed by atoms with Crippen LogP contribution < -0.4 is 5.32 Å². The van der Waals surface area contributed by atoms with Crippen molar-refractivity contribution in [2.45, 2.75) is 39.7 Å². The van der Waals surface area contributed by atoms with Gasteiger partial charge in [-0.1, -0.05) is 6.92 Å². The summed E-state index contributed by atoms with van der Waals surface area (Å²) in [5.74, 6) is 1.10. The number of hydrogen-bond acceptors (Lipinski definition) is 5. The van der Waals surface area contributed by atoms with Gasteiger partial charge in [0.25, 0.3) is 0 Å². The van der Waals surface area contributed by atoms with Crippen molar-refractivity contribution in [3.63, 3.8) is 0 Å². The smallest absolute Gasteiger partial charge is 0.333 e. The molecule has 0 saturated carbocycles. The number of nitro groups is 1. The van der Waals surface area contributed by atoms with Gasteiger partial charge < -0.3 is 10.2 Å². The van der Waals surface area contributed by atoms with Crippen molar-refractivity contribution in [2.75, 3.05) is 32.0 Å². The highest BCUT2D eigenvalue weighted by molar-refractivity contribution is 5.59. The third kappa shape index (κ3) is 3.72. The molecule has 1 fully saturated rings. The molecule has 1 atom stereocenters. The molecule has 1 unspecified atom stereocenters. The average Bonchev–Trinajstić information content (AvgIpc) is 2.73. The maximum absolute atomic E-state index is 11.3. The third-order valence-corrected chi connectivity index (χ3v) is 3.99. The fourth-order valence-electron chi connectivity index (χ4n) is 3.02. The number of aromatic nitrogens is 2. The minimum atomic E-state index is -0.330. The second-order valence-electron chi connectivity index (χ2n) is 5.91. The normalized spacial score (nSPS) is 19.7. The van der Waals surface area contributed by atoms with Crippen LogP contribution in [0.3, 0.4) is 0 Å². The lowest BCUT2D eigenvalue weighted by Crippen LogP contribution is -2.35. The molecule has 1 aliphatic rings. The SMILES string of the molecule is CCCn1nc(C)c([N+](=O)[O-])c1NCC1CCCN(C)C1. The van der Waals surface area contributed by atoms with E-state index in [4.69, 9.17) is 0 Å². The number of likely N-dealkylation sites (tertiary alicyclic amines) is 1. The molecule has 0 aliphatic carbocycles. The molecule has 1 aliphatic heterocycles. The summed E-state index contributed by atoms with van der Waals surface area (Å²) in [5, 5.41) is 18.9. The molecule has 0 amide bonds. The van der Waals surface area contributed by atoms with Crippen molar-refractivity contribution >= 4 is 11.5 Å². The minimum absolute atomic E-state index is 0.118. The van der Waals surface area contributed by atoms with E-state index in [2.05, 4.69) is 22.4 Å². The topological polar surface area (TPSA) is 76.2 Å². The zero-order valence-corrected chi connectivity index (χ0v) is 13.1. The van der Waals surface area contributed by atoms with E-state index in [9.17, 15) is 10.1 Å². The number of hydrogen-bond donors (Lipinski definition) is 1. The van der Waals surface area contributed by atoms with E-state index >= 15 is 0 Å². The van der Waals surface area contributed by atoms with Gasteiger partial charge in [0.2, 0.25) is 5.82 Å². The summed E-state index contributed by atoms with van der Waals surface area (Å²) in [5.41, 5.74) is 0.601. The molecule has 1 N–H and O–H groups in total. The standard InChI is InChI=1S/C14H25N5O2/c1-4-7-18-14(13(19(20)21)11(2)16-18)15-9-12-6-5-8-17(3)10-12/h12,15H,4-10H2,1-3H3. The first kappa shape index (κ1) is 15.8. The van der Waals surface area contributed by atoms with E-state index in [1.165, 1.54) is 12.8 Å². The van der Waals surface area contributed by atoms with E-state index in [1.807, 2.05) is 6.92 Å². The van der Waals surface area contributed by atoms with Crippen LogP contribution in [-0.2, 0) is 6.54 Å². The van der Waals surface area contributed by atoms with Crippen LogP contribution in [0.25, 0.3) is 0 Å². The van der Waals surface area contributed by atoms with E-state index in [-0.39, 0.29) is 10.6 Å². The Morgan fingerprint density at radius 1 is 1.52 bits per heavy atom. The molecule has 21 heavy (non-hydrogen) atoms. The summed E-state index contributed by atoms with van der Waals surface area (Å²) in [6, 6.07) is 0. The van der Waals surface area contributed by atoms with Crippen molar-refractivity contribution < 1.29 is 4.92 Å². The average molecular weight is 295 g/mol. The quantitative estimate of drug-likeness (QED) is 0.643. The summed E-state index contributed by atoms with van der Waals surface area (Å²) in [4.78, 5) is 13.3. The molecule has 7 nitrogen and oxygen atoms in total. The van der Waals surface area contributed by atoms with Crippen LogP contribution in [0.1, 0.15) is 31.9 Å². The summed E-state index contributed by atoms with van der Waals surface area (Å²) in [6.07, 6.45) is 3.27. The largest absolute Gasteiger partial charge is 0.364 e. The Morgan fingerprint density at radius 3 is 2.90 bits per heavy atom. The van der Waals surface area contributed by atoms with Crippen molar-refractivity contribution in [3.05, 3.63) is 15.8 Å². The summed E-state index contributed by atoms with van der Waals surface area (Å²) >= 11 is 0. The number of anilines is 1. The summed E-state index contributed by atoms with van der Waals surface area (Å²) in [6.45, 7) is 7.39. The van der Waals surface area contributed by atoms with Crippen LogP contribution in [0.2, 0.25) is 0 Å². The Morgan fingerprint density at radius 2 is 2.29 bits per heavy atom. The Labute approximate surface area is 125 Å². The highest BCUT2D eigenvalue weighted by atomic mass is 16.6. The van der Waals surface area contributed by atoms with Gasteiger partial charge in [-0.3, -0.25) is 10.1 Å². The van der Waals surface area contributed by atoms with Gasteiger partial charge in [0, 0.05) is 19.6 Å². The Balaban J connectivity index is 2.11. The predicted molar refractivity (Wildman–Crippen MR) is 82.6 cm³/mol. The van der Waals surface area contributed by atoms with Gasteiger partial charge in [0.05, 0.1) is 4.92 Å². The number of nitrogens with one attached hydrogen (secondary N) is 1. The lowest BCUT2D eigenvalue weighted by Gasteiger charge is -2.29. The van der Waals surface area contributed by atoms with Crippen LogP contribution in [0, 0.1) is 23.0 Å². The van der Waals surface area contributed by atoms with Crippen LogP contribution in [0.5, 0.6) is 0 Å². The van der Waals surface area contributed by atoms with Crippen molar-refractivity contribution in [3.8, 4) is 0 Å². The van der Waals surface area contributed by atoms with Crippen molar-refractivity contribution in [1.29, 1.82) is 0 Å². The molecule has 1 saturated heterocycles. The minimum Gasteiger partial charge on any atom is -0.364 e. The molecule has 2 heterocycles. The molecule has 0 bridgehead atoms. The van der Waals surface area contributed by atoms with E-state index < -0.39 is 0 Å². The fraction of sp³-hybridized carbons (Fsp3) is 0.786. The third-order valence-electron chi connectivity index (χ3n) is 3.99. The first-order valence-corrected chi connectivity index (χ1v) is 7.67. The number of aryl methyl sites for hydroxylation is 2. The zero-order chi connectivity index (χ0) is 15.4. The van der Waals surface area contributed by atoms with E-state index in [0.29, 0.717) is 24.0 Å². The lowest BCUT2D eigenvalue weighted by atomic mass is 9.98. The van der Waals surface area contributed by atoms with Crippen molar-refractivity contribution in [1.82, 2.24) is 14.7 Å². The monoisotopic (exact) mass is 295 g/mol. The second kappa shape index (κ2) is 6.89. The molecule has 0 aromatic carbocycles. The van der Waals surface area contributed by atoms with Crippen LogP contribution in [0.4, 0.5) is 11.5 Å². The molecular formula is C14H25N5O2. The molecule has 1 aromatic rings. The van der Waals surface area contributed by atoms with E-state index in [0.717, 1.165) is 26.1 Å². The highest BCUT2D eigenvalue weighted by Crippen LogP contribution is 2.29. The molecule has 0 radical (unpaired) electrons. The van der Waals surface area contributed by atoms with Gasteiger partial charge in [-0.25, -0.2) is 4.68 Å². The van der Waals surface area contributed by atoms with Crippen molar-refractivity contribution in [2.24, 2.45) is 5.92 Å².